The van der Waals surface area contributed by atoms with E-state index < -0.39 is 11.4 Å². The largest absolute Gasteiger partial charge is 0.493 e. The summed E-state index contributed by atoms with van der Waals surface area (Å²) in [5.74, 6) is 0.730. The van der Waals surface area contributed by atoms with Gasteiger partial charge in [0.05, 0.1) is 26.7 Å². The number of hydrogen-bond acceptors (Lipinski definition) is 4. The van der Waals surface area contributed by atoms with Gasteiger partial charge in [-0.1, -0.05) is 19.9 Å². The van der Waals surface area contributed by atoms with E-state index in [1.165, 1.54) is 0 Å². The summed E-state index contributed by atoms with van der Waals surface area (Å²) in [6, 6.07) is 3.60. The third kappa shape index (κ3) is 4.03. The second-order valence-electron chi connectivity index (χ2n) is 5.80. The lowest BCUT2D eigenvalue weighted by atomic mass is 9.80. The molecule has 0 bridgehead atoms. The number of aliphatic carboxylic acids is 1. The van der Waals surface area contributed by atoms with Crippen LogP contribution in [-0.2, 0) is 10.2 Å². The Morgan fingerprint density at radius 1 is 1.19 bits per heavy atom. The predicted molar refractivity (Wildman–Crippen MR) is 80.6 cm³/mol. The third-order valence-corrected chi connectivity index (χ3v) is 3.18. The highest BCUT2D eigenvalue weighted by Crippen LogP contribution is 2.45. The van der Waals surface area contributed by atoms with E-state index in [1.54, 1.807) is 20.3 Å². The monoisotopic (exact) mass is 296 g/mol. The van der Waals surface area contributed by atoms with Crippen molar-refractivity contribution in [2.24, 2.45) is 0 Å². The van der Waals surface area contributed by atoms with Crippen LogP contribution in [0.3, 0.4) is 0 Å². The van der Waals surface area contributed by atoms with Gasteiger partial charge in [-0.3, -0.25) is 4.79 Å². The Bertz CT molecular complexity index is 506. The lowest BCUT2D eigenvalue weighted by Gasteiger charge is -2.28. The van der Waals surface area contributed by atoms with Crippen LogP contribution in [0.25, 0.3) is 0 Å². The highest BCUT2D eigenvalue weighted by molar-refractivity contribution is 5.70. The van der Waals surface area contributed by atoms with Crippen molar-refractivity contribution in [1.82, 2.24) is 0 Å². The standard InChI is InChI=1S/C16H24O5/c1-10(2)21-14-11(16(3,4)9-13(17)18)7-8-12(19-5)15(14)20-6/h7-8,10H,9H2,1-6H3,(H,17,18). The zero-order valence-electron chi connectivity index (χ0n) is 13.5. The third-order valence-electron chi connectivity index (χ3n) is 3.18. The highest BCUT2D eigenvalue weighted by Gasteiger charge is 2.31. The summed E-state index contributed by atoms with van der Waals surface area (Å²) in [7, 11) is 3.10. The molecule has 0 aliphatic rings. The summed E-state index contributed by atoms with van der Waals surface area (Å²) in [4.78, 5) is 11.1. The van der Waals surface area contributed by atoms with Crippen LogP contribution in [0, 0.1) is 0 Å². The van der Waals surface area contributed by atoms with Crippen molar-refractivity contribution in [2.75, 3.05) is 14.2 Å². The first-order valence-electron chi connectivity index (χ1n) is 6.86. The molecule has 0 aromatic heterocycles. The van der Waals surface area contributed by atoms with Crippen LogP contribution >= 0.6 is 0 Å². The van der Waals surface area contributed by atoms with E-state index in [9.17, 15) is 4.79 Å². The van der Waals surface area contributed by atoms with Crippen LogP contribution in [0.4, 0.5) is 0 Å². The van der Waals surface area contributed by atoms with E-state index in [-0.39, 0.29) is 12.5 Å². The molecule has 0 aliphatic heterocycles. The Kier molecular flexibility index (Phi) is 5.47. The summed E-state index contributed by atoms with van der Waals surface area (Å²) >= 11 is 0. The molecule has 1 aromatic rings. The van der Waals surface area contributed by atoms with Crippen molar-refractivity contribution in [1.29, 1.82) is 0 Å². The molecular weight excluding hydrogens is 272 g/mol. The van der Waals surface area contributed by atoms with E-state index in [0.29, 0.717) is 17.2 Å². The van der Waals surface area contributed by atoms with E-state index in [1.807, 2.05) is 33.8 Å². The van der Waals surface area contributed by atoms with Crippen molar-refractivity contribution < 1.29 is 24.1 Å². The number of hydrogen-bond donors (Lipinski definition) is 1. The van der Waals surface area contributed by atoms with Crippen LogP contribution < -0.4 is 14.2 Å². The second-order valence-corrected chi connectivity index (χ2v) is 5.80. The van der Waals surface area contributed by atoms with E-state index in [2.05, 4.69) is 0 Å². The number of rotatable bonds is 7. The topological polar surface area (TPSA) is 65.0 Å². The van der Waals surface area contributed by atoms with Crippen LogP contribution in [0.15, 0.2) is 12.1 Å². The molecule has 21 heavy (non-hydrogen) atoms. The summed E-state index contributed by atoms with van der Waals surface area (Å²) in [6.45, 7) is 7.56. The van der Waals surface area contributed by atoms with Crippen molar-refractivity contribution in [2.45, 2.75) is 45.6 Å². The first-order valence-corrected chi connectivity index (χ1v) is 6.86. The maximum absolute atomic E-state index is 11.1. The molecule has 1 aromatic carbocycles. The number of ether oxygens (including phenoxy) is 3. The zero-order chi connectivity index (χ0) is 16.2. The fraction of sp³-hybridized carbons (Fsp3) is 0.562. The van der Waals surface area contributed by atoms with Crippen molar-refractivity contribution in [3.63, 3.8) is 0 Å². The van der Waals surface area contributed by atoms with E-state index in [4.69, 9.17) is 19.3 Å². The van der Waals surface area contributed by atoms with Gasteiger partial charge in [0.25, 0.3) is 0 Å². The molecule has 0 atom stereocenters. The Morgan fingerprint density at radius 3 is 2.24 bits per heavy atom. The van der Waals surface area contributed by atoms with E-state index in [0.717, 1.165) is 5.56 Å². The number of carboxylic acids is 1. The first kappa shape index (κ1) is 17.1. The van der Waals surface area contributed by atoms with Gasteiger partial charge in [-0.2, -0.15) is 0 Å². The maximum Gasteiger partial charge on any atom is 0.304 e. The normalized spacial score (nSPS) is 11.4. The molecule has 118 valence electrons. The molecule has 0 amide bonds. The molecule has 0 unspecified atom stereocenters. The van der Waals surface area contributed by atoms with Crippen molar-refractivity contribution >= 4 is 5.97 Å². The van der Waals surface area contributed by atoms with Crippen molar-refractivity contribution in [3.05, 3.63) is 17.7 Å². The van der Waals surface area contributed by atoms with Crippen molar-refractivity contribution in [3.8, 4) is 17.2 Å². The van der Waals surface area contributed by atoms with Crippen LogP contribution in [0.5, 0.6) is 17.2 Å². The SMILES string of the molecule is COc1ccc(C(C)(C)CC(=O)O)c(OC(C)C)c1OC. The smallest absolute Gasteiger partial charge is 0.304 e. The molecular formula is C16H24O5. The minimum atomic E-state index is -0.856. The molecule has 0 saturated carbocycles. The zero-order valence-corrected chi connectivity index (χ0v) is 13.5. The maximum atomic E-state index is 11.1. The van der Waals surface area contributed by atoms with Gasteiger partial charge in [0.2, 0.25) is 5.75 Å². The van der Waals surface area contributed by atoms with Crippen LogP contribution in [0.1, 0.15) is 39.7 Å². The highest BCUT2D eigenvalue weighted by atomic mass is 16.5. The Balaban J connectivity index is 3.46. The summed E-state index contributed by atoms with van der Waals surface area (Å²) in [5, 5.41) is 9.11. The summed E-state index contributed by atoms with van der Waals surface area (Å²) in [6.07, 6.45) is -0.0675. The van der Waals surface area contributed by atoms with Gasteiger partial charge in [0.1, 0.15) is 0 Å². The number of carbonyl (C=O) groups is 1. The average Bonchev–Trinajstić information content (AvgIpc) is 2.35. The quantitative estimate of drug-likeness (QED) is 0.836. The fourth-order valence-electron chi connectivity index (χ4n) is 2.26. The molecule has 1 N–H and O–H groups in total. The predicted octanol–water partition coefficient (Wildman–Crippen LogP) is 3.24. The molecule has 5 nitrogen and oxygen atoms in total. The molecule has 0 heterocycles. The van der Waals surface area contributed by atoms with Crippen LogP contribution in [-0.4, -0.2) is 31.4 Å². The van der Waals surface area contributed by atoms with Gasteiger partial charge in [-0.25, -0.2) is 0 Å². The number of benzene rings is 1. The van der Waals surface area contributed by atoms with E-state index >= 15 is 0 Å². The van der Waals surface area contributed by atoms with Gasteiger partial charge < -0.3 is 19.3 Å². The van der Waals surface area contributed by atoms with Gasteiger partial charge in [-0.05, 0) is 19.9 Å². The molecule has 0 aliphatic carbocycles. The first-order chi connectivity index (χ1) is 9.72. The van der Waals surface area contributed by atoms with Gasteiger partial charge in [-0.15, -0.1) is 0 Å². The Hall–Kier alpha value is -1.91. The lowest BCUT2D eigenvalue weighted by Crippen LogP contribution is -2.24. The summed E-state index contributed by atoms with van der Waals surface area (Å²) in [5.41, 5.74) is 0.201. The van der Waals surface area contributed by atoms with Gasteiger partial charge >= 0.3 is 5.97 Å². The van der Waals surface area contributed by atoms with Crippen LogP contribution in [0.2, 0.25) is 0 Å². The van der Waals surface area contributed by atoms with Gasteiger partial charge in [0, 0.05) is 11.0 Å². The lowest BCUT2D eigenvalue weighted by molar-refractivity contribution is -0.138. The average molecular weight is 296 g/mol. The summed E-state index contributed by atoms with van der Waals surface area (Å²) < 4.78 is 16.6. The molecule has 1 rings (SSSR count). The molecule has 0 fully saturated rings. The molecule has 0 saturated heterocycles. The second kappa shape index (κ2) is 6.70. The fourth-order valence-corrected chi connectivity index (χ4v) is 2.26. The minimum Gasteiger partial charge on any atom is -0.493 e. The Labute approximate surface area is 125 Å². The van der Waals surface area contributed by atoms with Gasteiger partial charge in [0.15, 0.2) is 11.5 Å². The molecule has 0 radical (unpaired) electrons. The number of methoxy groups -OCH3 is 2. The molecule has 0 spiro atoms. The number of carboxylic acid groups (broad SMARTS) is 1. The minimum absolute atomic E-state index is 0.00304. The molecule has 5 heteroatoms. The Morgan fingerprint density at radius 2 is 1.81 bits per heavy atom.